The second-order valence-corrected chi connectivity index (χ2v) is 7.90. The van der Waals surface area contributed by atoms with Crippen molar-refractivity contribution >= 4 is 10.8 Å². The van der Waals surface area contributed by atoms with E-state index in [-0.39, 0.29) is 0 Å². The first-order chi connectivity index (χ1) is 12.7. The number of nitrogens with zero attached hydrogens (tertiary/aromatic N) is 1. The summed E-state index contributed by atoms with van der Waals surface area (Å²) in [6, 6.07) is 14.4. The Labute approximate surface area is 158 Å². The second kappa shape index (κ2) is 9.38. The second-order valence-electron chi connectivity index (χ2n) is 7.90. The van der Waals surface area contributed by atoms with Gasteiger partial charge in [-0.1, -0.05) is 49.7 Å². The van der Waals surface area contributed by atoms with E-state index in [0.29, 0.717) is 6.61 Å². The third-order valence-electron chi connectivity index (χ3n) is 5.78. The summed E-state index contributed by atoms with van der Waals surface area (Å²) in [5.41, 5.74) is 0. The molecule has 0 radical (unpaired) electrons. The van der Waals surface area contributed by atoms with Gasteiger partial charge in [-0.25, -0.2) is 0 Å². The van der Waals surface area contributed by atoms with Gasteiger partial charge in [0.25, 0.3) is 0 Å². The van der Waals surface area contributed by atoms with Gasteiger partial charge in [-0.15, -0.1) is 0 Å². The van der Waals surface area contributed by atoms with Gasteiger partial charge in [0.2, 0.25) is 0 Å². The number of hydrogen-bond acceptors (Lipinski definition) is 2. The van der Waals surface area contributed by atoms with Gasteiger partial charge in [0.05, 0.1) is 19.6 Å². The molecule has 1 N–H and O–H groups in total. The average Bonchev–Trinajstić information content (AvgIpc) is 2.90. The lowest BCUT2D eigenvalue weighted by molar-refractivity contribution is -0.930. The minimum atomic E-state index is -0.413. The van der Waals surface area contributed by atoms with Crippen molar-refractivity contribution < 1.29 is 14.3 Å². The summed E-state index contributed by atoms with van der Waals surface area (Å²) in [6.45, 7) is 7.08. The normalized spacial score (nSPS) is 18.4. The topological polar surface area (TPSA) is 29.5 Å². The number of unbranched alkanes of at least 4 members (excludes halogenated alkanes) is 1. The van der Waals surface area contributed by atoms with Crippen molar-refractivity contribution in [3.63, 3.8) is 0 Å². The quantitative estimate of drug-likeness (QED) is 0.690. The van der Waals surface area contributed by atoms with Crippen molar-refractivity contribution in [2.75, 3.05) is 32.8 Å². The molecule has 0 spiro atoms. The zero-order valence-corrected chi connectivity index (χ0v) is 16.2. The van der Waals surface area contributed by atoms with E-state index in [2.05, 4.69) is 25.1 Å². The molecule has 0 bridgehead atoms. The summed E-state index contributed by atoms with van der Waals surface area (Å²) in [4.78, 5) is 0. The molecule has 1 fully saturated rings. The van der Waals surface area contributed by atoms with Crippen molar-refractivity contribution in [3.8, 4) is 5.75 Å². The number of aliphatic hydroxyl groups is 1. The molecule has 1 saturated heterocycles. The van der Waals surface area contributed by atoms with Gasteiger partial charge in [-0.2, -0.15) is 0 Å². The van der Waals surface area contributed by atoms with Gasteiger partial charge in [0.1, 0.15) is 25.0 Å². The monoisotopic (exact) mass is 356 g/mol. The van der Waals surface area contributed by atoms with Gasteiger partial charge in [0.15, 0.2) is 0 Å². The number of quaternary nitrogens is 1. The molecule has 3 rings (SSSR count). The molecule has 26 heavy (non-hydrogen) atoms. The predicted molar refractivity (Wildman–Crippen MR) is 109 cm³/mol. The zero-order chi connectivity index (χ0) is 18.2. The molecule has 0 aliphatic carbocycles. The molecule has 142 valence electrons. The van der Waals surface area contributed by atoms with Gasteiger partial charge in [-0.05, 0) is 43.6 Å². The number of fused-ring (bicyclic) bond motifs is 1. The molecule has 0 amide bonds. The lowest BCUT2D eigenvalue weighted by Gasteiger charge is -2.39. The number of ether oxygens (including phenoxy) is 1. The highest BCUT2D eigenvalue weighted by atomic mass is 16.5. The van der Waals surface area contributed by atoms with Gasteiger partial charge < -0.3 is 14.3 Å². The molecule has 1 aliphatic rings. The maximum absolute atomic E-state index is 10.8. The number of rotatable bonds is 8. The van der Waals surface area contributed by atoms with Crippen LogP contribution in [-0.4, -0.2) is 48.5 Å². The first kappa shape index (κ1) is 19.2. The maximum Gasteiger partial charge on any atom is 0.137 e. The molecule has 2 aromatic carbocycles. The summed E-state index contributed by atoms with van der Waals surface area (Å²) >= 11 is 0. The molecular formula is C23H34NO2+. The van der Waals surface area contributed by atoms with Crippen LogP contribution in [0.25, 0.3) is 10.8 Å². The van der Waals surface area contributed by atoms with E-state index in [1.807, 2.05) is 24.3 Å². The van der Waals surface area contributed by atoms with Crippen LogP contribution in [0.3, 0.4) is 0 Å². The number of likely N-dealkylation sites (tertiary alicyclic amines) is 1. The van der Waals surface area contributed by atoms with Gasteiger partial charge in [-0.3, -0.25) is 0 Å². The third kappa shape index (κ3) is 4.99. The smallest absolute Gasteiger partial charge is 0.137 e. The van der Waals surface area contributed by atoms with Crippen LogP contribution in [-0.2, 0) is 0 Å². The van der Waals surface area contributed by atoms with Crippen LogP contribution >= 0.6 is 0 Å². The minimum absolute atomic E-state index is 0.375. The highest BCUT2D eigenvalue weighted by molar-refractivity contribution is 5.88. The summed E-state index contributed by atoms with van der Waals surface area (Å²) in [6.07, 6.45) is 7.33. The lowest BCUT2D eigenvalue weighted by Crippen LogP contribution is -2.54. The summed E-state index contributed by atoms with van der Waals surface area (Å²) in [5.74, 6) is 0.873. The number of hydrogen-bond donors (Lipinski definition) is 1. The number of benzene rings is 2. The van der Waals surface area contributed by atoms with E-state index in [1.165, 1.54) is 63.5 Å². The minimum Gasteiger partial charge on any atom is -0.490 e. The van der Waals surface area contributed by atoms with Crippen LogP contribution in [0.2, 0.25) is 0 Å². The first-order valence-electron chi connectivity index (χ1n) is 10.4. The molecule has 3 heteroatoms. The number of aliphatic hydroxyl groups excluding tert-OH is 1. The van der Waals surface area contributed by atoms with E-state index in [4.69, 9.17) is 4.74 Å². The highest BCUT2D eigenvalue weighted by Crippen LogP contribution is 2.26. The van der Waals surface area contributed by atoms with Crippen LogP contribution in [0.5, 0.6) is 5.75 Å². The lowest BCUT2D eigenvalue weighted by atomic mass is 10.1. The Balaban J connectivity index is 1.63. The molecule has 1 aliphatic heterocycles. The molecule has 1 atom stereocenters. The molecule has 3 nitrogen and oxygen atoms in total. The molecule has 1 unspecified atom stereocenters. The molecule has 2 aromatic rings. The Morgan fingerprint density at radius 3 is 2.50 bits per heavy atom. The largest absolute Gasteiger partial charge is 0.490 e. The predicted octanol–water partition coefficient (Wildman–Crippen LogP) is 4.77. The SMILES string of the molecule is CCCC[N+]1(CC(O)COc2cccc3ccccc23)CCCCCC1. The Morgan fingerprint density at radius 2 is 1.73 bits per heavy atom. The van der Waals surface area contributed by atoms with Crippen LogP contribution in [0.4, 0.5) is 0 Å². The molecule has 0 saturated carbocycles. The van der Waals surface area contributed by atoms with Gasteiger partial charge >= 0.3 is 0 Å². The van der Waals surface area contributed by atoms with E-state index >= 15 is 0 Å². The van der Waals surface area contributed by atoms with Gasteiger partial charge in [0, 0.05) is 5.39 Å². The van der Waals surface area contributed by atoms with Crippen molar-refractivity contribution in [3.05, 3.63) is 42.5 Å². The Hall–Kier alpha value is -1.58. The molecule has 0 aromatic heterocycles. The van der Waals surface area contributed by atoms with Crippen molar-refractivity contribution in [2.45, 2.75) is 51.6 Å². The summed E-state index contributed by atoms with van der Waals surface area (Å²) in [5, 5.41) is 13.0. The standard InChI is InChI=1S/C23H34NO2/c1-2-3-15-24(16-8-4-5-9-17-24)18-21(25)19-26-23-14-10-12-20-11-6-7-13-22(20)23/h6-7,10-14,21,25H,2-5,8-9,15-19H2,1H3/q+1. The maximum atomic E-state index is 10.8. The fourth-order valence-corrected chi connectivity index (χ4v) is 4.36. The van der Waals surface area contributed by atoms with Crippen LogP contribution in [0.15, 0.2) is 42.5 Å². The van der Waals surface area contributed by atoms with Crippen molar-refractivity contribution in [2.24, 2.45) is 0 Å². The fourth-order valence-electron chi connectivity index (χ4n) is 4.36. The average molecular weight is 357 g/mol. The Morgan fingerprint density at radius 1 is 1.00 bits per heavy atom. The van der Waals surface area contributed by atoms with Crippen molar-refractivity contribution in [1.82, 2.24) is 0 Å². The van der Waals surface area contributed by atoms with E-state index in [0.717, 1.165) is 22.2 Å². The molecule has 1 heterocycles. The van der Waals surface area contributed by atoms with E-state index in [9.17, 15) is 5.11 Å². The van der Waals surface area contributed by atoms with Crippen LogP contribution in [0, 0.1) is 0 Å². The highest BCUT2D eigenvalue weighted by Gasteiger charge is 2.31. The fraction of sp³-hybridized carbons (Fsp3) is 0.565. The van der Waals surface area contributed by atoms with E-state index in [1.54, 1.807) is 0 Å². The third-order valence-corrected chi connectivity index (χ3v) is 5.78. The summed E-state index contributed by atoms with van der Waals surface area (Å²) in [7, 11) is 0. The Bertz CT molecular complexity index is 671. The van der Waals surface area contributed by atoms with Crippen molar-refractivity contribution in [1.29, 1.82) is 0 Å². The zero-order valence-electron chi connectivity index (χ0n) is 16.2. The van der Waals surface area contributed by atoms with Crippen LogP contribution < -0.4 is 4.74 Å². The van der Waals surface area contributed by atoms with E-state index < -0.39 is 6.10 Å². The molecular weight excluding hydrogens is 322 g/mol. The summed E-state index contributed by atoms with van der Waals surface area (Å²) < 4.78 is 7.12. The van der Waals surface area contributed by atoms with Crippen LogP contribution in [0.1, 0.15) is 45.4 Å². The Kier molecular flexibility index (Phi) is 6.93. The first-order valence-corrected chi connectivity index (χ1v) is 10.4.